The Hall–Kier alpha value is -1.77. The summed E-state index contributed by atoms with van der Waals surface area (Å²) in [5.74, 6) is -0.688. The maximum atomic E-state index is 12.8. The Morgan fingerprint density at radius 3 is 2.89 bits per heavy atom. The molecule has 0 saturated carbocycles. The molecule has 0 bridgehead atoms. The summed E-state index contributed by atoms with van der Waals surface area (Å²) in [4.78, 5) is 10.9. The molecular formula is C10H12F3N3O3. The van der Waals surface area contributed by atoms with Crippen LogP contribution in [0.25, 0.3) is 0 Å². The first kappa shape index (κ1) is 13.7. The fourth-order valence-corrected chi connectivity index (χ4v) is 1.86. The molecular weight excluding hydrogens is 267 g/mol. The van der Waals surface area contributed by atoms with E-state index in [9.17, 15) is 18.0 Å². The van der Waals surface area contributed by atoms with E-state index < -0.39 is 24.3 Å². The second kappa shape index (κ2) is 4.72. The second-order valence-corrected chi connectivity index (χ2v) is 3.99. The van der Waals surface area contributed by atoms with Gasteiger partial charge in [0.2, 0.25) is 5.88 Å². The molecule has 0 saturated heterocycles. The summed E-state index contributed by atoms with van der Waals surface area (Å²) in [5.41, 5.74) is 4.96. The molecule has 0 radical (unpaired) electrons. The lowest BCUT2D eigenvalue weighted by atomic mass is 10.2. The first-order valence-corrected chi connectivity index (χ1v) is 5.55. The molecule has 0 spiro atoms. The Bertz CT molecular complexity index is 463. The number of rotatable bonds is 4. The van der Waals surface area contributed by atoms with Crippen molar-refractivity contribution in [3.8, 4) is 5.88 Å². The van der Waals surface area contributed by atoms with Gasteiger partial charge in [-0.1, -0.05) is 0 Å². The van der Waals surface area contributed by atoms with E-state index in [0.29, 0.717) is 0 Å². The number of hydrogen-bond acceptors (Lipinski definition) is 4. The van der Waals surface area contributed by atoms with E-state index in [1.807, 2.05) is 0 Å². The van der Waals surface area contributed by atoms with Crippen molar-refractivity contribution in [2.45, 2.75) is 31.9 Å². The van der Waals surface area contributed by atoms with Crippen LogP contribution in [0.15, 0.2) is 6.07 Å². The standard InChI is InChI=1S/C10H12F3N3O3/c1-2-18-8(10(11,12)13)6-4-16-7(19-6)3-5(15-16)9(14)17/h3,6,8H,2,4H2,1H3,(H2,14,17). The Balaban J connectivity index is 2.14. The van der Waals surface area contributed by atoms with E-state index in [4.69, 9.17) is 10.5 Å². The van der Waals surface area contributed by atoms with Gasteiger partial charge in [0.1, 0.15) is 0 Å². The highest BCUT2D eigenvalue weighted by Gasteiger charge is 2.49. The summed E-state index contributed by atoms with van der Waals surface area (Å²) >= 11 is 0. The zero-order valence-corrected chi connectivity index (χ0v) is 9.98. The number of halogens is 3. The predicted molar refractivity (Wildman–Crippen MR) is 56.6 cm³/mol. The van der Waals surface area contributed by atoms with E-state index in [-0.39, 0.29) is 24.7 Å². The molecule has 0 aliphatic carbocycles. The third-order valence-corrected chi connectivity index (χ3v) is 2.63. The Morgan fingerprint density at radius 2 is 2.42 bits per heavy atom. The molecule has 2 heterocycles. The van der Waals surface area contributed by atoms with Crippen LogP contribution in [-0.4, -0.2) is 40.7 Å². The lowest BCUT2D eigenvalue weighted by Crippen LogP contribution is -2.45. The predicted octanol–water partition coefficient (Wildman–Crippen LogP) is 0.710. The van der Waals surface area contributed by atoms with E-state index in [0.717, 1.165) is 0 Å². The van der Waals surface area contributed by atoms with Gasteiger partial charge in [-0.15, -0.1) is 0 Å². The number of fused-ring (bicyclic) bond motifs is 1. The number of primary amides is 1. The third-order valence-electron chi connectivity index (χ3n) is 2.63. The molecule has 2 unspecified atom stereocenters. The lowest BCUT2D eigenvalue weighted by molar-refractivity contribution is -0.240. The van der Waals surface area contributed by atoms with E-state index in [1.54, 1.807) is 0 Å². The van der Waals surface area contributed by atoms with Crippen molar-refractivity contribution in [1.29, 1.82) is 0 Å². The topological polar surface area (TPSA) is 79.4 Å². The average molecular weight is 279 g/mol. The summed E-state index contributed by atoms with van der Waals surface area (Å²) in [7, 11) is 0. The molecule has 1 aliphatic rings. The van der Waals surface area contributed by atoms with Crippen LogP contribution in [0.4, 0.5) is 13.2 Å². The number of alkyl halides is 3. The van der Waals surface area contributed by atoms with Gasteiger partial charge in [-0.3, -0.25) is 4.79 Å². The summed E-state index contributed by atoms with van der Waals surface area (Å²) in [6.45, 7) is 1.24. The molecule has 9 heteroatoms. The van der Waals surface area contributed by atoms with Gasteiger partial charge >= 0.3 is 6.18 Å². The number of nitrogens with two attached hydrogens (primary N) is 1. The fourth-order valence-electron chi connectivity index (χ4n) is 1.86. The van der Waals surface area contributed by atoms with Gasteiger partial charge in [0.15, 0.2) is 17.9 Å². The van der Waals surface area contributed by atoms with Crippen molar-refractivity contribution in [3.63, 3.8) is 0 Å². The van der Waals surface area contributed by atoms with Crippen molar-refractivity contribution >= 4 is 5.91 Å². The molecule has 19 heavy (non-hydrogen) atoms. The molecule has 0 fully saturated rings. The van der Waals surface area contributed by atoms with Crippen LogP contribution in [0, 0.1) is 0 Å². The van der Waals surface area contributed by atoms with Gasteiger partial charge in [-0.05, 0) is 6.92 Å². The monoisotopic (exact) mass is 279 g/mol. The molecule has 2 N–H and O–H groups in total. The summed E-state index contributed by atoms with van der Waals surface area (Å²) in [6, 6.07) is 1.21. The zero-order valence-electron chi connectivity index (χ0n) is 9.98. The third kappa shape index (κ3) is 2.65. The summed E-state index contributed by atoms with van der Waals surface area (Å²) < 4.78 is 49.3. The number of carbonyl (C=O) groups is 1. The Kier molecular flexibility index (Phi) is 3.40. The normalized spacial score (nSPS) is 19.9. The van der Waals surface area contributed by atoms with Crippen molar-refractivity contribution < 1.29 is 27.4 Å². The second-order valence-electron chi connectivity index (χ2n) is 3.99. The minimum Gasteiger partial charge on any atom is -0.469 e. The minimum atomic E-state index is -4.53. The highest BCUT2D eigenvalue weighted by molar-refractivity contribution is 5.91. The van der Waals surface area contributed by atoms with Gasteiger partial charge < -0.3 is 15.2 Å². The van der Waals surface area contributed by atoms with E-state index in [2.05, 4.69) is 9.84 Å². The maximum Gasteiger partial charge on any atom is 0.418 e. The highest BCUT2D eigenvalue weighted by atomic mass is 19.4. The first-order valence-electron chi connectivity index (χ1n) is 5.55. The van der Waals surface area contributed by atoms with Gasteiger partial charge in [0.05, 0.1) is 6.54 Å². The summed E-state index contributed by atoms with van der Waals surface area (Å²) in [5, 5.41) is 3.76. The maximum absolute atomic E-state index is 12.8. The van der Waals surface area contributed by atoms with Crippen LogP contribution in [0.3, 0.4) is 0 Å². The number of nitrogens with zero attached hydrogens (tertiary/aromatic N) is 2. The molecule has 2 rings (SSSR count). The van der Waals surface area contributed by atoms with Gasteiger partial charge in [-0.2, -0.15) is 18.3 Å². The first-order chi connectivity index (χ1) is 8.82. The fraction of sp³-hybridized carbons (Fsp3) is 0.600. The lowest BCUT2D eigenvalue weighted by Gasteiger charge is -2.24. The van der Waals surface area contributed by atoms with Crippen LogP contribution < -0.4 is 10.5 Å². The number of hydrogen-bond donors (Lipinski definition) is 1. The largest absolute Gasteiger partial charge is 0.469 e. The Labute approximate surface area is 106 Å². The van der Waals surface area contributed by atoms with Crippen molar-refractivity contribution in [1.82, 2.24) is 9.78 Å². The smallest absolute Gasteiger partial charge is 0.418 e. The highest BCUT2D eigenvalue weighted by Crippen LogP contribution is 2.32. The van der Waals surface area contributed by atoms with Crippen LogP contribution in [-0.2, 0) is 11.3 Å². The summed E-state index contributed by atoms with van der Waals surface area (Å²) in [6.07, 6.45) is -7.78. The average Bonchev–Trinajstić information content (AvgIpc) is 2.81. The van der Waals surface area contributed by atoms with E-state index in [1.165, 1.54) is 17.7 Å². The van der Waals surface area contributed by atoms with Gasteiger partial charge in [-0.25, -0.2) is 4.68 Å². The number of ether oxygens (including phenoxy) is 2. The van der Waals surface area contributed by atoms with Crippen molar-refractivity contribution in [2.24, 2.45) is 5.73 Å². The van der Waals surface area contributed by atoms with Crippen LogP contribution >= 0.6 is 0 Å². The minimum absolute atomic E-state index is 0.0478. The van der Waals surface area contributed by atoms with E-state index >= 15 is 0 Å². The van der Waals surface area contributed by atoms with Crippen molar-refractivity contribution in [2.75, 3.05) is 6.61 Å². The van der Waals surface area contributed by atoms with Crippen LogP contribution in [0.5, 0.6) is 5.88 Å². The van der Waals surface area contributed by atoms with Crippen molar-refractivity contribution in [3.05, 3.63) is 11.8 Å². The SMILES string of the molecule is CCOC(C1Cn2nc(C(N)=O)cc2O1)C(F)(F)F. The molecule has 6 nitrogen and oxygen atoms in total. The number of carbonyl (C=O) groups excluding carboxylic acids is 1. The quantitative estimate of drug-likeness (QED) is 0.880. The van der Waals surface area contributed by atoms with Gasteiger partial charge in [0, 0.05) is 12.7 Å². The molecule has 1 aromatic heterocycles. The van der Waals surface area contributed by atoms with Crippen LogP contribution in [0.2, 0.25) is 0 Å². The van der Waals surface area contributed by atoms with Gasteiger partial charge in [0.25, 0.3) is 5.91 Å². The van der Waals surface area contributed by atoms with Crippen LogP contribution in [0.1, 0.15) is 17.4 Å². The number of amides is 1. The molecule has 106 valence electrons. The molecule has 1 aliphatic heterocycles. The Morgan fingerprint density at radius 1 is 1.74 bits per heavy atom. The molecule has 2 atom stereocenters. The molecule has 0 aromatic carbocycles. The molecule has 1 amide bonds. The zero-order chi connectivity index (χ0) is 14.2. The molecule has 1 aromatic rings. The number of aromatic nitrogens is 2.